The maximum Gasteiger partial charge on any atom is 0.0724 e. The molecule has 2 aromatic heterocycles. The van der Waals surface area contributed by atoms with Gasteiger partial charge < -0.3 is 11.1 Å². The molecule has 0 aliphatic rings. The molecule has 20 heavy (non-hydrogen) atoms. The fraction of sp³-hybridized carbons (Fsp3) is 0.200. The first kappa shape index (κ1) is 12.5. The molecule has 0 radical (unpaired) electrons. The lowest BCUT2D eigenvalue weighted by Gasteiger charge is -2.17. The maximum atomic E-state index is 6.22. The number of rotatable bonds is 4. The summed E-state index contributed by atoms with van der Waals surface area (Å²) in [5.74, 6) is 0. The molecule has 3 N–H and O–H groups in total. The second kappa shape index (κ2) is 5.21. The zero-order chi connectivity index (χ0) is 13.9. The van der Waals surface area contributed by atoms with Gasteiger partial charge in [-0.1, -0.05) is 0 Å². The van der Waals surface area contributed by atoms with Crippen LogP contribution in [0.5, 0.6) is 0 Å². The van der Waals surface area contributed by atoms with Crippen LogP contribution in [0.25, 0.3) is 10.9 Å². The lowest BCUT2D eigenvalue weighted by atomic mass is 10.1. The highest BCUT2D eigenvalue weighted by atomic mass is 15.3. The number of anilines is 2. The van der Waals surface area contributed by atoms with Crippen molar-refractivity contribution in [2.45, 2.75) is 19.5 Å². The van der Waals surface area contributed by atoms with E-state index < -0.39 is 0 Å². The lowest BCUT2D eigenvalue weighted by molar-refractivity contribution is 0.561. The predicted molar refractivity (Wildman–Crippen MR) is 81.5 cm³/mol. The highest BCUT2D eigenvalue weighted by Gasteiger charge is 2.08. The van der Waals surface area contributed by atoms with Gasteiger partial charge in [0, 0.05) is 30.0 Å². The van der Waals surface area contributed by atoms with E-state index in [0.717, 1.165) is 28.8 Å². The molecule has 1 atom stereocenters. The number of hydrogen-bond acceptors (Lipinski definition) is 4. The molecular weight excluding hydrogens is 250 g/mol. The van der Waals surface area contributed by atoms with Crippen molar-refractivity contribution in [2.75, 3.05) is 11.1 Å². The molecule has 0 bridgehead atoms. The number of hydrogen-bond donors (Lipinski definition) is 2. The summed E-state index contributed by atoms with van der Waals surface area (Å²) >= 11 is 0. The standard InChI is InChI=1S/C15H17N5/c1-11(10-20-9-3-8-18-20)19-14-6-5-13-12(15(14)16)4-2-7-17-13/h2-9,11,19H,10,16H2,1H3. The SMILES string of the molecule is CC(Cn1cccn1)Nc1ccc2ncccc2c1N. The molecule has 5 heteroatoms. The van der Waals surface area contributed by atoms with E-state index in [1.54, 1.807) is 12.4 Å². The van der Waals surface area contributed by atoms with E-state index in [4.69, 9.17) is 5.73 Å². The van der Waals surface area contributed by atoms with Crippen LogP contribution in [0.2, 0.25) is 0 Å². The Morgan fingerprint density at radius 1 is 1.25 bits per heavy atom. The second-order valence-corrected chi connectivity index (χ2v) is 4.87. The fourth-order valence-corrected chi connectivity index (χ4v) is 2.30. The average Bonchev–Trinajstić information content (AvgIpc) is 2.95. The van der Waals surface area contributed by atoms with Crippen LogP contribution in [-0.2, 0) is 6.54 Å². The number of nitrogens with zero attached hydrogens (tertiary/aromatic N) is 3. The van der Waals surface area contributed by atoms with Crippen LogP contribution >= 0.6 is 0 Å². The third kappa shape index (κ3) is 2.42. The van der Waals surface area contributed by atoms with Crippen LogP contribution in [0.3, 0.4) is 0 Å². The summed E-state index contributed by atoms with van der Waals surface area (Å²) in [5.41, 5.74) is 8.80. The largest absolute Gasteiger partial charge is 0.397 e. The van der Waals surface area contributed by atoms with Gasteiger partial charge in [0.05, 0.1) is 23.4 Å². The molecule has 0 fully saturated rings. The number of benzene rings is 1. The van der Waals surface area contributed by atoms with Crippen LogP contribution in [0, 0.1) is 0 Å². The Labute approximate surface area is 117 Å². The van der Waals surface area contributed by atoms with Crippen molar-refractivity contribution < 1.29 is 0 Å². The summed E-state index contributed by atoms with van der Waals surface area (Å²) in [5, 5.41) is 8.61. The average molecular weight is 267 g/mol. The lowest BCUT2D eigenvalue weighted by Crippen LogP contribution is -2.22. The van der Waals surface area contributed by atoms with Gasteiger partial charge in [0.15, 0.2) is 0 Å². The van der Waals surface area contributed by atoms with Crippen LogP contribution in [0.4, 0.5) is 11.4 Å². The normalized spacial score (nSPS) is 12.4. The van der Waals surface area contributed by atoms with Crippen molar-refractivity contribution >= 4 is 22.3 Å². The van der Waals surface area contributed by atoms with E-state index in [1.165, 1.54) is 0 Å². The van der Waals surface area contributed by atoms with Crippen molar-refractivity contribution in [3.63, 3.8) is 0 Å². The number of pyridine rings is 1. The summed E-state index contributed by atoms with van der Waals surface area (Å²) in [4.78, 5) is 4.30. The maximum absolute atomic E-state index is 6.22. The first-order valence-electron chi connectivity index (χ1n) is 6.61. The molecule has 102 valence electrons. The molecule has 0 aliphatic heterocycles. The van der Waals surface area contributed by atoms with Crippen LogP contribution in [-0.4, -0.2) is 20.8 Å². The van der Waals surface area contributed by atoms with Gasteiger partial charge in [-0.3, -0.25) is 9.67 Å². The third-order valence-electron chi connectivity index (χ3n) is 3.25. The minimum absolute atomic E-state index is 0.228. The zero-order valence-corrected chi connectivity index (χ0v) is 11.3. The Balaban J connectivity index is 1.82. The summed E-state index contributed by atoms with van der Waals surface area (Å²) < 4.78 is 1.90. The quantitative estimate of drug-likeness (QED) is 0.713. The number of nitrogen functional groups attached to an aromatic ring is 1. The van der Waals surface area contributed by atoms with Crippen LogP contribution in [0.1, 0.15) is 6.92 Å². The van der Waals surface area contributed by atoms with Gasteiger partial charge in [0.1, 0.15) is 0 Å². The molecule has 0 aliphatic carbocycles. The van der Waals surface area contributed by atoms with E-state index in [9.17, 15) is 0 Å². The molecule has 1 unspecified atom stereocenters. The summed E-state index contributed by atoms with van der Waals surface area (Å²) in [6.45, 7) is 2.89. The minimum atomic E-state index is 0.228. The Kier molecular flexibility index (Phi) is 3.25. The number of nitrogens with two attached hydrogens (primary N) is 1. The molecule has 0 saturated heterocycles. The molecule has 2 heterocycles. The van der Waals surface area contributed by atoms with E-state index in [1.807, 2.05) is 41.2 Å². The smallest absolute Gasteiger partial charge is 0.0724 e. The van der Waals surface area contributed by atoms with Gasteiger partial charge in [-0.05, 0) is 37.3 Å². The Morgan fingerprint density at radius 2 is 2.15 bits per heavy atom. The van der Waals surface area contributed by atoms with Gasteiger partial charge in [-0.2, -0.15) is 5.10 Å². The van der Waals surface area contributed by atoms with Gasteiger partial charge in [-0.25, -0.2) is 0 Å². The van der Waals surface area contributed by atoms with Gasteiger partial charge in [-0.15, -0.1) is 0 Å². The summed E-state index contributed by atoms with van der Waals surface area (Å²) in [7, 11) is 0. The van der Waals surface area contributed by atoms with Crippen LogP contribution < -0.4 is 11.1 Å². The Hall–Kier alpha value is -2.56. The van der Waals surface area contributed by atoms with E-state index >= 15 is 0 Å². The van der Waals surface area contributed by atoms with E-state index in [2.05, 4.69) is 22.3 Å². The first-order chi connectivity index (χ1) is 9.74. The van der Waals surface area contributed by atoms with Crippen molar-refractivity contribution in [1.29, 1.82) is 0 Å². The second-order valence-electron chi connectivity index (χ2n) is 4.87. The van der Waals surface area contributed by atoms with Gasteiger partial charge in [0.2, 0.25) is 0 Å². The molecular formula is C15H17N5. The summed E-state index contributed by atoms with van der Waals surface area (Å²) in [6, 6.07) is 9.99. The molecule has 0 amide bonds. The van der Waals surface area contributed by atoms with Gasteiger partial charge in [0.25, 0.3) is 0 Å². The van der Waals surface area contributed by atoms with E-state index in [0.29, 0.717) is 0 Å². The van der Waals surface area contributed by atoms with Crippen molar-refractivity contribution in [2.24, 2.45) is 0 Å². The molecule has 1 aromatic carbocycles. The monoisotopic (exact) mass is 267 g/mol. The predicted octanol–water partition coefficient (Wildman–Crippen LogP) is 2.51. The van der Waals surface area contributed by atoms with Crippen molar-refractivity contribution in [3.05, 3.63) is 48.9 Å². The molecule has 0 spiro atoms. The number of fused-ring (bicyclic) bond motifs is 1. The minimum Gasteiger partial charge on any atom is -0.397 e. The molecule has 5 nitrogen and oxygen atoms in total. The molecule has 3 rings (SSSR count). The topological polar surface area (TPSA) is 68.8 Å². The highest BCUT2D eigenvalue weighted by Crippen LogP contribution is 2.27. The van der Waals surface area contributed by atoms with Crippen LogP contribution in [0.15, 0.2) is 48.9 Å². The Morgan fingerprint density at radius 3 is 2.95 bits per heavy atom. The molecule has 3 aromatic rings. The zero-order valence-electron chi connectivity index (χ0n) is 11.3. The van der Waals surface area contributed by atoms with E-state index in [-0.39, 0.29) is 6.04 Å². The first-order valence-corrected chi connectivity index (χ1v) is 6.61. The number of aromatic nitrogens is 3. The highest BCUT2D eigenvalue weighted by molar-refractivity contribution is 5.96. The molecule has 0 saturated carbocycles. The van der Waals surface area contributed by atoms with Crippen molar-refractivity contribution in [1.82, 2.24) is 14.8 Å². The Bertz CT molecular complexity index is 705. The van der Waals surface area contributed by atoms with Gasteiger partial charge >= 0.3 is 0 Å². The number of nitrogens with one attached hydrogen (secondary N) is 1. The van der Waals surface area contributed by atoms with Crippen molar-refractivity contribution in [3.8, 4) is 0 Å². The third-order valence-corrected chi connectivity index (χ3v) is 3.25. The summed E-state index contributed by atoms with van der Waals surface area (Å²) in [6.07, 6.45) is 5.50. The fourth-order valence-electron chi connectivity index (χ4n) is 2.30.